The van der Waals surface area contributed by atoms with Crippen LogP contribution in [0.3, 0.4) is 0 Å². The van der Waals surface area contributed by atoms with E-state index in [-0.39, 0.29) is 0 Å². The molecule has 0 bridgehead atoms. The SMILES string of the molecule is C1CSCCCSCCCSCCCSCCCSCCCSC1. The van der Waals surface area contributed by atoms with Gasteiger partial charge in [0.2, 0.25) is 0 Å². The largest absolute Gasteiger partial charge is 0.162 e. The zero-order valence-corrected chi connectivity index (χ0v) is 20.1. The highest BCUT2D eigenvalue weighted by molar-refractivity contribution is 8.01. The van der Waals surface area contributed by atoms with E-state index in [4.69, 9.17) is 0 Å². The van der Waals surface area contributed by atoms with Gasteiger partial charge in [0, 0.05) is 0 Å². The first-order chi connectivity index (χ1) is 12.0. The fourth-order valence-corrected chi connectivity index (χ4v) is 8.69. The van der Waals surface area contributed by atoms with Crippen LogP contribution in [0.25, 0.3) is 0 Å². The predicted molar refractivity (Wildman–Crippen MR) is 132 cm³/mol. The van der Waals surface area contributed by atoms with E-state index in [9.17, 15) is 0 Å². The van der Waals surface area contributed by atoms with Crippen molar-refractivity contribution in [3.63, 3.8) is 0 Å². The summed E-state index contributed by atoms with van der Waals surface area (Å²) in [5.41, 5.74) is 0. The molecule has 0 N–H and O–H groups in total. The third-order valence-corrected chi connectivity index (χ3v) is 10.4. The van der Waals surface area contributed by atoms with Crippen LogP contribution < -0.4 is 0 Å². The van der Waals surface area contributed by atoms with Gasteiger partial charge >= 0.3 is 0 Å². The Kier molecular flexibility index (Phi) is 21.5. The molecule has 1 heterocycles. The Labute approximate surface area is 177 Å². The average molecular weight is 445 g/mol. The van der Waals surface area contributed by atoms with Gasteiger partial charge in [0.15, 0.2) is 0 Å². The molecule has 0 atom stereocenters. The molecule has 0 aromatic rings. The molecule has 24 heavy (non-hydrogen) atoms. The molecule has 0 spiro atoms. The third kappa shape index (κ3) is 18.9. The molecule has 6 heteroatoms. The summed E-state index contributed by atoms with van der Waals surface area (Å²) in [7, 11) is 0. The predicted octanol–water partition coefficient (Wildman–Crippen LogP) is 6.74. The first-order valence-electron chi connectivity index (χ1n) is 9.46. The molecule has 144 valence electrons. The number of hydrogen-bond donors (Lipinski definition) is 0. The fourth-order valence-electron chi connectivity index (χ4n) is 2.19. The molecule has 0 unspecified atom stereocenters. The normalized spacial score (nSPS) is 24.0. The first-order valence-corrected chi connectivity index (χ1v) is 16.4. The van der Waals surface area contributed by atoms with Crippen molar-refractivity contribution in [3.8, 4) is 0 Å². The molecule has 0 aliphatic carbocycles. The van der Waals surface area contributed by atoms with E-state index in [1.807, 2.05) is 0 Å². The molecule has 1 rings (SSSR count). The van der Waals surface area contributed by atoms with Gasteiger partial charge in [-0.15, -0.1) is 0 Å². The maximum Gasteiger partial charge on any atom is -0.00597 e. The van der Waals surface area contributed by atoms with Gasteiger partial charge in [-0.1, -0.05) is 0 Å². The number of hydrogen-bond acceptors (Lipinski definition) is 6. The molecular weight excluding hydrogens is 409 g/mol. The van der Waals surface area contributed by atoms with Gasteiger partial charge in [-0.25, -0.2) is 0 Å². The van der Waals surface area contributed by atoms with E-state index in [0.29, 0.717) is 0 Å². The highest BCUT2D eigenvalue weighted by Gasteiger charge is 1.97. The maximum absolute atomic E-state index is 2.18. The second kappa shape index (κ2) is 21.4. The number of rotatable bonds is 0. The first kappa shape index (κ1) is 24.1. The monoisotopic (exact) mass is 444 g/mol. The van der Waals surface area contributed by atoms with Gasteiger partial charge in [-0.2, -0.15) is 70.6 Å². The van der Waals surface area contributed by atoms with Crippen molar-refractivity contribution in [3.05, 3.63) is 0 Å². The lowest BCUT2D eigenvalue weighted by molar-refractivity contribution is 1.06. The molecule has 1 aliphatic rings. The molecule has 0 amide bonds. The molecule has 1 fully saturated rings. The van der Waals surface area contributed by atoms with Gasteiger partial charge in [-0.3, -0.25) is 0 Å². The summed E-state index contributed by atoms with van der Waals surface area (Å²) < 4.78 is 0. The van der Waals surface area contributed by atoms with E-state index < -0.39 is 0 Å². The Morgan fingerprint density at radius 2 is 0.333 bits per heavy atom. The minimum Gasteiger partial charge on any atom is -0.162 e. The van der Waals surface area contributed by atoms with Crippen LogP contribution in [0.4, 0.5) is 0 Å². The van der Waals surface area contributed by atoms with Crippen molar-refractivity contribution in [2.24, 2.45) is 0 Å². The minimum atomic E-state index is 1.38. The van der Waals surface area contributed by atoms with Crippen molar-refractivity contribution >= 4 is 70.6 Å². The Balaban J connectivity index is 2.00. The third-order valence-electron chi connectivity index (χ3n) is 3.46. The summed E-state index contributed by atoms with van der Waals surface area (Å²) in [6.45, 7) is 0. The Bertz CT molecular complexity index is 130. The molecule has 1 saturated heterocycles. The van der Waals surface area contributed by atoms with Crippen LogP contribution in [-0.2, 0) is 0 Å². The van der Waals surface area contributed by atoms with Crippen LogP contribution in [0.1, 0.15) is 38.5 Å². The smallest absolute Gasteiger partial charge is 0.00597 e. The Hall–Kier alpha value is 2.10. The lowest BCUT2D eigenvalue weighted by Crippen LogP contribution is -1.94. The highest BCUT2D eigenvalue weighted by Crippen LogP contribution is 2.16. The molecule has 0 aromatic heterocycles. The molecule has 0 radical (unpaired) electrons. The lowest BCUT2D eigenvalue weighted by atomic mass is 10.6. The van der Waals surface area contributed by atoms with Crippen LogP contribution in [0, 0.1) is 0 Å². The summed E-state index contributed by atoms with van der Waals surface area (Å²) in [6.07, 6.45) is 8.44. The highest BCUT2D eigenvalue weighted by atomic mass is 32.2. The van der Waals surface area contributed by atoms with E-state index >= 15 is 0 Å². The van der Waals surface area contributed by atoms with Gasteiger partial charge in [0.1, 0.15) is 0 Å². The van der Waals surface area contributed by atoms with Crippen LogP contribution in [0.2, 0.25) is 0 Å². The van der Waals surface area contributed by atoms with Crippen LogP contribution in [-0.4, -0.2) is 69.0 Å². The van der Waals surface area contributed by atoms with Crippen LogP contribution in [0.5, 0.6) is 0 Å². The van der Waals surface area contributed by atoms with Crippen LogP contribution >= 0.6 is 70.6 Å². The topological polar surface area (TPSA) is 0 Å². The lowest BCUT2D eigenvalue weighted by Gasteiger charge is -2.05. The van der Waals surface area contributed by atoms with E-state index in [1.165, 1.54) is 108 Å². The minimum absolute atomic E-state index is 1.38. The van der Waals surface area contributed by atoms with Crippen molar-refractivity contribution < 1.29 is 0 Å². The van der Waals surface area contributed by atoms with Crippen molar-refractivity contribution in [1.82, 2.24) is 0 Å². The van der Waals surface area contributed by atoms with Crippen molar-refractivity contribution in [2.75, 3.05) is 69.0 Å². The molecule has 0 aromatic carbocycles. The summed E-state index contributed by atoms with van der Waals surface area (Å²) in [4.78, 5) is 0. The summed E-state index contributed by atoms with van der Waals surface area (Å²) in [5, 5.41) is 0. The molecule has 1 aliphatic heterocycles. The zero-order chi connectivity index (χ0) is 17.0. The molecule has 0 nitrogen and oxygen atoms in total. The second-order valence-electron chi connectivity index (χ2n) is 5.80. The summed E-state index contributed by atoms with van der Waals surface area (Å²) in [6, 6.07) is 0. The Morgan fingerprint density at radius 1 is 0.208 bits per heavy atom. The van der Waals surface area contributed by atoms with Crippen molar-refractivity contribution in [1.29, 1.82) is 0 Å². The van der Waals surface area contributed by atoms with Gasteiger partial charge in [0.05, 0.1) is 0 Å². The van der Waals surface area contributed by atoms with E-state index in [1.54, 1.807) is 0 Å². The average Bonchev–Trinajstić information content (AvgIpc) is 2.59. The maximum atomic E-state index is 2.18. The Morgan fingerprint density at radius 3 is 0.458 bits per heavy atom. The number of thioether (sulfide) groups is 6. The second-order valence-corrected chi connectivity index (χ2v) is 13.1. The zero-order valence-electron chi connectivity index (χ0n) is 15.2. The van der Waals surface area contributed by atoms with Gasteiger partial charge in [0.25, 0.3) is 0 Å². The fraction of sp³-hybridized carbons (Fsp3) is 1.00. The van der Waals surface area contributed by atoms with Crippen LogP contribution in [0.15, 0.2) is 0 Å². The summed E-state index contributed by atoms with van der Waals surface area (Å²) >= 11 is 13.1. The molecule has 0 saturated carbocycles. The van der Waals surface area contributed by atoms with Gasteiger partial charge < -0.3 is 0 Å². The standard InChI is InChI=1S/C18H36S6/c1-7-19-9-2-11-21-13-4-15-23-17-6-18-24-16-5-14-22-12-3-10-20-8-1/h1-18H2. The quantitative estimate of drug-likeness (QED) is 0.403. The van der Waals surface area contributed by atoms with E-state index in [0.717, 1.165) is 0 Å². The molecular formula is C18H36S6. The summed E-state index contributed by atoms with van der Waals surface area (Å²) in [5.74, 6) is 16.5. The van der Waals surface area contributed by atoms with E-state index in [2.05, 4.69) is 70.6 Å². The van der Waals surface area contributed by atoms with Gasteiger partial charge in [-0.05, 0) is 108 Å². The van der Waals surface area contributed by atoms with Crippen molar-refractivity contribution in [2.45, 2.75) is 38.5 Å².